The summed E-state index contributed by atoms with van der Waals surface area (Å²) >= 11 is 11.5. The average Bonchev–Trinajstić information content (AvgIpc) is 2.28. The number of amides is 1. The lowest BCUT2D eigenvalue weighted by Crippen LogP contribution is -2.19. The summed E-state index contributed by atoms with van der Waals surface area (Å²) in [5.74, 6) is -0.453. The Morgan fingerprint density at radius 2 is 2.12 bits per heavy atom. The predicted octanol–water partition coefficient (Wildman–Crippen LogP) is 3.68. The third-order valence-corrected chi connectivity index (χ3v) is 3.07. The minimum absolute atomic E-state index is 0.0594. The van der Waals surface area contributed by atoms with Crippen molar-refractivity contribution in [2.75, 3.05) is 5.32 Å². The molecule has 3 nitrogen and oxygen atoms in total. The number of hydrogen-bond donors (Lipinski definition) is 2. The van der Waals surface area contributed by atoms with Gasteiger partial charge in [0.25, 0.3) is 0 Å². The van der Waals surface area contributed by atoms with Gasteiger partial charge in [-0.25, -0.2) is 0 Å². The summed E-state index contributed by atoms with van der Waals surface area (Å²) in [6.45, 7) is 3.74. The van der Waals surface area contributed by atoms with E-state index in [2.05, 4.69) is 5.32 Å². The summed E-state index contributed by atoms with van der Waals surface area (Å²) in [5, 5.41) is 12.3. The predicted molar refractivity (Wildman–Crippen MR) is 66.2 cm³/mol. The first-order valence-electron chi connectivity index (χ1n) is 4.95. The molecule has 0 saturated carbocycles. The Morgan fingerprint density at radius 3 is 2.69 bits per heavy atom. The molecular weight excluding hydrogens is 249 g/mol. The highest BCUT2D eigenvalue weighted by molar-refractivity contribution is 6.39. The summed E-state index contributed by atoms with van der Waals surface area (Å²) in [4.78, 5) is 11.6. The highest BCUT2D eigenvalue weighted by Crippen LogP contribution is 2.37. The van der Waals surface area contributed by atoms with Crippen molar-refractivity contribution in [2.24, 2.45) is 5.92 Å². The molecule has 1 atom stereocenters. The topological polar surface area (TPSA) is 49.3 Å². The van der Waals surface area contributed by atoms with Crippen LogP contribution in [0, 0.1) is 5.92 Å². The van der Waals surface area contributed by atoms with Crippen LogP contribution in [0.5, 0.6) is 5.75 Å². The van der Waals surface area contributed by atoms with Gasteiger partial charge in [0.15, 0.2) is 5.75 Å². The second-order valence-electron chi connectivity index (χ2n) is 3.56. The highest BCUT2D eigenvalue weighted by atomic mass is 35.5. The molecule has 0 aromatic heterocycles. The Kier molecular flexibility index (Phi) is 4.44. The van der Waals surface area contributed by atoms with Gasteiger partial charge in [0.1, 0.15) is 5.02 Å². The maximum Gasteiger partial charge on any atom is 0.227 e. The molecule has 0 aliphatic rings. The van der Waals surface area contributed by atoms with Gasteiger partial charge in [-0.3, -0.25) is 4.79 Å². The zero-order chi connectivity index (χ0) is 12.3. The number of carbonyl (C=O) groups excluding carboxylic acids is 1. The van der Waals surface area contributed by atoms with Gasteiger partial charge in [-0.15, -0.1) is 0 Å². The lowest BCUT2D eigenvalue weighted by atomic mass is 10.1. The third kappa shape index (κ3) is 2.80. The molecule has 0 fully saturated rings. The van der Waals surface area contributed by atoms with Gasteiger partial charge in [-0.1, -0.05) is 37.0 Å². The van der Waals surface area contributed by atoms with Crippen molar-refractivity contribution in [1.82, 2.24) is 0 Å². The summed E-state index contributed by atoms with van der Waals surface area (Å²) in [6, 6.07) is 3.04. The average molecular weight is 262 g/mol. The van der Waals surface area contributed by atoms with Crippen molar-refractivity contribution < 1.29 is 9.90 Å². The molecule has 0 aliphatic carbocycles. The van der Waals surface area contributed by atoms with Crippen LogP contribution in [0.4, 0.5) is 5.69 Å². The van der Waals surface area contributed by atoms with E-state index in [0.29, 0.717) is 5.69 Å². The molecule has 1 amide bonds. The molecule has 2 N–H and O–H groups in total. The fourth-order valence-corrected chi connectivity index (χ4v) is 1.50. The molecule has 16 heavy (non-hydrogen) atoms. The van der Waals surface area contributed by atoms with E-state index < -0.39 is 0 Å². The van der Waals surface area contributed by atoms with Crippen LogP contribution in [0.1, 0.15) is 20.3 Å². The van der Waals surface area contributed by atoms with Gasteiger partial charge in [-0.05, 0) is 18.6 Å². The first-order chi connectivity index (χ1) is 7.47. The Hall–Kier alpha value is -0.930. The zero-order valence-corrected chi connectivity index (χ0v) is 10.6. The van der Waals surface area contributed by atoms with Crippen LogP contribution in [-0.2, 0) is 4.79 Å². The Balaban J connectivity index is 2.91. The van der Waals surface area contributed by atoms with E-state index in [4.69, 9.17) is 23.2 Å². The number of halogens is 2. The van der Waals surface area contributed by atoms with E-state index in [1.807, 2.05) is 13.8 Å². The molecule has 1 rings (SSSR count). The molecule has 0 radical (unpaired) electrons. The molecule has 0 spiro atoms. The number of phenols is 1. The maximum atomic E-state index is 11.6. The fraction of sp³-hybridized carbons (Fsp3) is 0.364. The van der Waals surface area contributed by atoms with Crippen LogP contribution in [0.25, 0.3) is 0 Å². The first-order valence-corrected chi connectivity index (χ1v) is 5.70. The maximum absolute atomic E-state index is 11.6. The van der Waals surface area contributed by atoms with Crippen LogP contribution in [0.2, 0.25) is 10.0 Å². The lowest BCUT2D eigenvalue weighted by molar-refractivity contribution is -0.119. The van der Waals surface area contributed by atoms with E-state index >= 15 is 0 Å². The first kappa shape index (κ1) is 13.1. The lowest BCUT2D eigenvalue weighted by Gasteiger charge is -2.12. The molecule has 5 heteroatoms. The normalized spacial score (nSPS) is 12.2. The summed E-state index contributed by atoms with van der Waals surface area (Å²) in [7, 11) is 0. The molecule has 0 saturated heterocycles. The van der Waals surface area contributed by atoms with Crippen molar-refractivity contribution in [2.45, 2.75) is 20.3 Å². The Morgan fingerprint density at radius 1 is 1.50 bits per heavy atom. The van der Waals surface area contributed by atoms with Crippen molar-refractivity contribution in [1.29, 1.82) is 0 Å². The number of nitrogens with one attached hydrogen (secondary N) is 1. The number of carbonyl (C=O) groups is 1. The molecule has 1 unspecified atom stereocenters. The highest BCUT2D eigenvalue weighted by Gasteiger charge is 2.15. The molecule has 0 heterocycles. The number of phenolic OH excluding ortho intramolecular Hbond substituents is 1. The molecule has 0 bridgehead atoms. The molecule has 88 valence electrons. The van der Waals surface area contributed by atoms with Gasteiger partial charge >= 0.3 is 0 Å². The van der Waals surface area contributed by atoms with Crippen molar-refractivity contribution in [3.05, 3.63) is 22.2 Å². The van der Waals surface area contributed by atoms with E-state index in [-0.39, 0.29) is 27.6 Å². The fourth-order valence-electron chi connectivity index (χ4n) is 1.08. The van der Waals surface area contributed by atoms with Gasteiger partial charge < -0.3 is 10.4 Å². The van der Waals surface area contributed by atoms with Gasteiger partial charge in [0, 0.05) is 5.92 Å². The van der Waals surface area contributed by atoms with Crippen molar-refractivity contribution in [3.63, 3.8) is 0 Å². The van der Waals surface area contributed by atoms with Crippen LogP contribution in [-0.4, -0.2) is 11.0 Å². The largest absolute Gasteiger partial charge is 0.505 e. The molecule has 1 aromatic carbocycles. The van der Waals surface area contributed by atoms with E-state index in [1.165, 1.54) is 6.07 Å². The summed E-state index contributed by atoms with van der Waals surface area (Å²) in [5.41, 5.74) is 0.369. The molecule has 1 aromatic rings. The SMILES string of the molecule is CCC(C)C(=O)Nc1ccc(Cl)c(O)c1Cl. The number of anilines is 1. The Bertz CT molecular complexity index is 407. The second kappa shape index (κ2) is 5.41. The standard InChI is InChI=1S/C11H13Cl2NO2/c1-3-6(2)11(16)14-8-5-4-7(12)10(15)9(8)13/h4-6,15H,3H2,1-2H3,(H,14,16). The smallest absolute Gasteiger partial charge is 0.227 e. The molecular formula is C11H13Cl2NO2. The minimum atomic E-state index is -0.217. The number of rotatable bonds is 3. The van der Waals surface area contributed by atoms with Crippen LogP contribution < -0.4 is 5.32 Å². The van der Waals surface area contributed by atoms with Crippen molar-refractivity contribution >= 4 is 34.8 Å². The molecule has 0 aliphatic heterocycles. The van der Waals surface area contributed by atoms with Gasteiger partial charge in [-0.2, -0.15) is 0 Å². The van der Waals surface area contributed by atoms with E-state index in [1.54, 1.807) is 6.07 Å². The van der Waals surface area contributed by atoms with E-state index in [9.17, 15) is 9.90 Å². The quantitative estimate of drug-likeness (QED) is 0.872. The van der Waals surface area contributed by atoms with Gasteiger partial charge in [0.05, 0.1) is 10.7 Å². The van der Waals surface area contributed by atoms with Crippen LogP contribution >= 0.6 is 23.2 Å². The van der Waals surface area contributed by atoms with Crippen LogP contribution in [0.15, 0.2) is 12.1 Å². The third-order valence-electron chi connectivity index (χ3n) is 2.38. The summed E-state index contributed by atoms with van der Waals surface area (Å²) < 4.78 is 0. The number of benzene rings is 1. The zero-order valence-electron chi connectivity index (χ0n) is 9.05. The Labute approximate surface area is 104 Å². The monoisotopic (exact) mass is 261 g/mol. The summed E-state index contributed by atoms with van der Waals surface area (Å²) in [6.07, 6.45) is 0.739. The number of hydrogen-bond acceptors (Lipinski definition) is 2. The van der Waals surface area contributed by atoms with Crippen LogP contribution in [0.3, 0.4) is 0 Å². The number of aromatic hydroxyl groups is 1. The van der Waals surface area contributed by atoms with Crippen molar-refractivity contribution in [3.8, 4) is 5.75 Å². The second-order valence-corrected chi connectivity index (χ2v) is 4.34. The van der Waals surface area contributed by atoms with Gasteiger partial charge in [0.2, 0.25) is 5.91 Å². The van der Waals surface area contributed by atoms with E-state index in [0.717, 1.165) is 6.42 Å². The minimum Gasteiger partial charge on any atom is -0.505 e.